The van der Waals surface area contributed by atoms with E-state index in [2.05, 4.69) is 30.4 Å². The quantitative estimate of drug-likeness (QED) is 0.391. The third kappa shape index (κ3) is 24.1. The molecule has 4 nitrogen and oxygen atoms in total. The average Bonchev–Trinajstić information content (AvgIpc) is 1.87. The fourth-order valence-electron chi connectivity index (χ4n) is 0. The number of unbranched alkanes of at least 4 members (excludes halogenated alkanes) is 1. The van der Waals surface area contributed by atoms with Crippen LogP contribution in [-0.2, 0) is 14.0 Å². The van der Waals surface area contributed by atoms with E-state index >= 15 is 0 Å². The van der Waals surface area contributed by atoms with Gasteiger partial charge in [0.05, 0.1) is 0 Å². The lowest BCUT2D eigenvalue weighted by atomic mass is 10.4. The van der Waals surface area contributed by atoms with E-state index in [0.29, 0.717) is 0 Å². The van der Waals surface area contributed by atoms with Crippen molar-refractivity contribution in [2.75, 3.05) is 0 Å². The van der Waals surface area contributed by atoms with E-state index < -0.39 is 10.4 Å². The highest BCUT2D eigenvalue weighted by atomic mass is 32.3. The summed E-state index contributed by atoms with van der Waals surface area (Å²) in [4.78, 5) is 0. The van der Waals surface area contributed by atoms with E-state index in [0.717, 1.165) is 0 Å². The number of rotatable bonds is 2. The van der Waals surface area contributed by atoms with Crippen LogP contribution >= 0.6 is 12.9 Å². The monoisotopic (exact) mass is 188 g/mol. The smallest absolute Gasteiger partial charge is 0.263 e. The van der Waals surface area contributed by atoms with Crippen LogP contribution in [0.4, 0.5) is 0 Å². The van der Waals surface area contributed by atoms with Crippen molar-refractivity contribution in [2.45, 2.75) is 26.7 Å². The normalized spacial score (nSPS) is 10.0. The maximum absolute atomic E-state index is 9.26. The van der Waals surface area contributed by atoms with Crippen LogP contribution in [0.2, 0.25) is 0 Å². The van der Waals surface area contributed by atoms with Gasteiger partial charge in [-0.1, -0.05) is 26.7 Å². The Morgan fingerprint density at radius 1 is 1.40 bits per heavy atom. The second-order valence-corrected chi connectivity index (χ2v) is 2.95. The van der Waals surface area contributed by atoms with E-state index in [4.69, 9.17) is 4.55 Å². The topological polar surface area (TPSA) is 63.6 Å². The zero-order valence-corrected chi connectivity index (χ0v) is 7.65. The molecular weight excluding hydrogens is 176 g/mol. The molecule has 0 rings (SSSR count). The molecule has 0 spiro atoms. The van der Waals surface area contributed by atoms with Crippen molar-refractivity contribution in [3.05, 3.63) is 0 Å². The summed E-state index contributed by atoms with van der Waals surface area (Å²) in [6, 6.07) is 0. The molecular formula is C4H12O4S2. The van der Waals surface area contributed by atoms with Crippen molar-refractivity contribution >= 4 is 23.3 Å². The summed E-state index contributed by atoms with van der Waals surface area (Å²) < 4.78 is 29.2. The van der Waals surface area contributed by atoms with Crippen LogP contribution in [0.1, 0.15) is 26.7 Å². The Morgan fingerprint density at radius 2 is 1.60 bits per heavy atom. The maximum atomic E-state index is 9.26. The van der Waals surface area contributed by atoms with Gasteiger partial charge in [0.25, 0.3) is 0 Å². The van der Waals surface area contributed by atoms with Gasteiger partial charge in [0.2, 0.25) is 0 Å². The first-order chi connectivity index (χ1) is 4.47. The van der Waals surface area contributed by atoms with Gasteiger partial charge in [-0.15, -0.1) is 0 Å². The Labute approximate surface area is 67.2 Å². The highest BCUT2D eigenvalue weighted by Crippen LogP contribution is 1.85. The minimum atomic E-state index is -4.30. The first-order valence-corrected chi connectivity index (χ1v) is 4.51. The molecule has 0 amide bonds. The van der Waals surface area contributed by atoms with E-state index in [9.17, 15) is 8.42 Å². The molecule has 0 aromatic carbocycles. The van der Waals surface area contributed by atoms with E-state index in [-0.39, 0.29) is 0 Å². The van der Waals surface area contributed by atoms with Gasteiger partial charge in [-0.05, 0) is 12.9 Å². The molecule has 0 atom stereocenters. The molecule has 0 radical (unpaired) electrons. The maximum Gasteiger partial charge on any atom is 0.408 e. The van der Waals surface area contributed by atoms with Gasteiger partial charge in [-0.25, -0.2) is 0 Å². The molecule has 1 N–H and O–H groups in total. The molecule has 0 saturated heterocycles. The first-order valence-electron chi connectivity index (χ1n) is 2.78. The Morgan fingerprint density at radius 3 is 1.60 bits per heavy atom. The van der Waals surface area contributed by atoms with Crippen LogP contribution in [0.25, 0.3) is 0 Å². The molecule has 0 unspecified atom stereocenters. The third-order valence-corrected chi connectivity index (χ3v) is 1.35. The molecule has 0 aliphatic carbocycles. The summed E-state index contributed by atoms with van der Waals surface area (Å²) in [7, 11) is -4.30. The van der Waals surface area contributed by atoms with Crippen LogP contribution in [0, 0.1) is 0 Å². The summed E-state index contributed by atoms with van der Waals surface area (Å²) >= 11 is 2.76. The van der Waals surface area contributed by atoms with Gasteiger partial charge in [0.1, 0.15) is 0 Å². The molecule has 0 saturated carbocycles. The summed E-state index contributed by atoms with van der Waals surface area (Å²) in [5.41, 5.74) is 0. The van der Waals surface area contributed by atoms with Gasteiger partial charge in [-0.3, -0.25) is 4.55 Å². The van der Waals surface area contributed by atoms with Crippen LogP contribution in [-0.4, -0.2) is 13.0 Å². The lowest BCUT2D eigenvalue weighted by molar-refractivity contribution is 0.410. The van der Waals surface area contributed by atoms with Crippen molar-refractivity contribution in [1.29, 1.82) is 0 Å². The van der Waals surface area contributed by atoms with Gasteiger partial charge in [0.15, 0.2) is 0 Å². The SMILES string of the molecule is CCCC.O=S(=O)(O)OS. The molecule has 0 aliphatic heterocycles. The molecule has 0 heterocycles. The van der Waals surface area contributed by atoms with Crippen LogP contribution in [0.5, 0.6) is 0 Å². The highest BCUT2D eigenvalue weighted by Gasteiger charge is 1.95. The zero-order valence-electron chi connectivity index (χ0n) is 5.94. The predicted molar refractivity (Wildman–Crippen MR) is 42.2 cm³/mol. The molecule has 0 fully saturated rings. The Kier molecular flexibility index (Phi) is 9.42. The van der Waals surface area contributed by atoms with Gasteiger partial charge in [-0.2, -0.15) is 12.0 Å². The van der Waals surface area contributed by atoms with Crippen molar-refractivity contribution in [3.8, 4) is 0 Å². The molecule has 6 heteroatoms. The minimum absolute atomic E-state index is 1.32. The lowest BCUT2D eigenvalue weighted by Gasteiger charge is -1.80. The zero-order chi connectivity index (χ0) is 8.62. The molecule has 64 valence electrons. The van der Waals surface area contributed by atoms with Crippen LogP contribution in [0.3, 0.4) is 0 Å². The summed E-state index contributed by atoms with van der Waals surface area (Å²) in [5, 5.41) is 0. The molecule has 0 aromatic heterocycles. The second-order valence-electron chi connectivity index (χ2n) is 1.50. The second kappa shape index (κ2) is 7.33. The Bertz CT molecular complexity index is 137. The van der Waals surface area contributed by atoms with E-state index in [1.165, 1.54) is 12.8 Å². The summed E-state index contributed by atoms with van der Waals surface area (Å²) in [6.07, 6.45) is 2.64. The van der Waals surface area contributed by atoms with Gasteiger partial charge >= 0.3 is 10.4 Å². The highest BCUT2D eigenvalue weighted by molar-refractivity contribution is 7.92. The van der Waals surface area contributed by atoms with E-state index in [1.807, 2.05) is 0 Å². The standard InChI is InChI=1S/C4H10.H2O4S2/c1-3-4-2;1-6(2,3)4-5/h3-4H2,1-2H3;5H,(H,1,2,3). The largest absolute Gasteiger partial charge is 0.408 e. The fourth-order valence-corrected chi connectivity index (χ4v) is 0. The molecule has 0 aliphatic rings. The lowest BCUT2D eigenvalue weighted by Crippen LogP contribution is -1.92. The molecule has 10 heavy (non-hydrogen) atoms. The van der Waals surface area contributed by atoms with Gasteiger partial charge < -0.3 is 0 Å². The minimum Gasteiger partial charge on any atom is -0.263 e. The predicted octanol–water partition coefficient (Wildman–Crippen LogP) is 1.46. The van der Waals surface area contributed by atoms with E-state index in [1.54, 1.807) is 0 Å². The van der Waals surface area contributed by atoms with Gasteiger partial charge in [0, 0.05) is 0 Å². The van der Waals surface area contributed by atoms with Crippen molar-refractivity contribution in [1.82, 2.24) is 0 Å². The Hall–Kier alpha value is 0.220. The van der Waals surface area contributed by atoms with Crippen LogP contribution in [0.15, 0.2) is 0 Å². The van der Waals surface area contributed by atoms with Crippen molar-refractivity contribution < 1.29 is 16.6 Å². The van der Waals surface area contributed by atoms with Crippen LogP contribution < -0.4 is 0 Å². The summed E-state index contributed by atoms with van der Waals surface area (Å²) in [6.45, 7) is 4.36. The number of hydrogen-bond donors (Lipinski definition) is 2. The van der Waals surface area contributed by atoms with Crippen molar-refractivity contribution in [2.24, 2.45) is 0 Å². The number of hydrogen-bond acceptors (Lipinski definition) is 4. The third-order valence-electron chi connectivity index (χ3n) is 0.594. The van der Waals surface area contributed by atoms with Crippen molar-refractivity contribution in [3.63, 3.8) is 0 Å². The average molecular weight is 188 g/mol. The fraction of sp³-hybridized carbons (Fsp3) is 1.00. The summed E-state index contributed by atoms with van der Waals surface area (Å²) in [5.74, 6) is 0. The Balaban J connectivity index is 0. The number of thiol groups is 1. The molecule has 0 bridgehead atoms. The first kappa shape index (κ1) is 12.9. The molecule has 0 aromatic rings.